The summed E-state index contributed by atoms with van der Waals surface area (Å²) in [4.78, 5) is 17.1. The molecule has 0 radical (unpaired) electrons. The number of aromatic nitrogens is 3. The van der Waals surface area contributed by atoms with Crippen LogP contribution in [0.5, 0.6) is 0 Å². The maximum absolute atomic E-state index is 12.8. The van der Waals surface area contributed by atoms with Crippen LogP contribution in [0.4, 0.5) is 0 Å². The van der Waals surface area contributed by atoms with E-state index in [2.05, 4.69) is 20.0 Å². The molecule has 0 aliphatic rings. The molecule has 2 aromatic carbocycles. The Kier molecular flexibility index (Phi) is 5.52. The van der Waals surface area contributed by atoms with Crippen molar-refractivity contribution in [3.63, 3.8) is 0 Å². The first-order valence-electron chi connectivity index (χ1n) is 9.56. The molecule has 0 spiro atoms. The van der Waals surface area contributed by atoms with Crippen LogP contribution < -0.4 is 5.32 Å². The van der Waals surface area contributed by atoms with Crippen molar-refractivity contribution in [1.29, 1.82) is 0 Å². The van der Waals surface area contributed by atoms with Gasteiger partial charge in [-0.05, 0) is 18.9 Å². The Balaban J connectivity index is 1.50. The number of amides is 1. The molecule has 0 saturated carbocycles. The minimum Gasteiger partial charge on any atom is -0.355 e. The minimum absolute atomic E-state index is 0.151. The largest absolute Gasteiger partial charge is 0.355 e. The fraction of sp³-hybridized carbons (Fsp3) is 0.174. The fourth-order valence-corrected chi connectivity index (χ4v) is 3.27. The molecule has 1 N–H and O–H groups in total. The molecule has 6 nitrogen and oxygen atoms in total. The van der Waals surface area contributed by atoms with E-state index in [1.807, 2.05) is 73.8 Å². The molecular weight excluding hydrogens is 364 g/mol. The lowest BCUT2D eigenvalue weighted by Gasteiger charge is -2.19. The Morgan fingerprint density at radius 2 is 1.83 bits per heavy atom. The van der Waals surface area contributed by atoms with Crippen LogP contribution >= 0.6 is 0 Å². The second kappa shape index (κ2) is 8.56. The molecule has 6 heteroatoms. The van der Waals surface area contributed by atoms with Gasteiger partial charge in [-0.15, -0.1) is 0 Å². The summed E-state index contributed by atoms with van der Waals surface area (Å²) in [6, 6.07) is 21.1. The Bertz CT molecular complexity index is 1070. The number of carbonyl (C=O) groups excluding carboxylic acids is 1. The Labute approximate surface area is 169 Å². The summed E-state index contributed by atoms with van der Waals surface area (Å²) in [6.45, 7) is 2.72. The van der Waals surface area contributed by atoms with Crippen LogP contribution in [0.3, 0.4) is 0 Å². The van der Waals surface area contributed by atoms with E-state index in [1.54, 1.807) is 12.3 Å². The van der Waals surface area contributed by atoms with E-state index in [4.69, 9.17) is 4.52 Å². The molecule has 146 valence electrons. The second-order valence-electron chi connectivity index (χ2n) is 6.84. The summed E-state index contributed by atoms with van der Waals surface area (Å²) >= 11 is 0. The third kappa shape index (κ3) is 4.43. The highest BCUT2D eigenvalue weighted by molar-refractivity contribution is 5.93. The van der Waals surface area contributed by atoms with Crippen molar-refractivity contribution in [2.75, 3.05) is 0 Å². The molecular formula is C23H22N4O2. The van der Waals surface area contributed by atoms with Gasteiger partial charge in [0.2, 0.25) is 0 Å². The van der Waals surface area contributed by atoms with Crippen LogP contribution in [-0.4, -0.2) is 20.6 Å². The van der Waals surface area contributed by atoms with Gasteiger partial charge >= 0.3 is 0 Å². The number of hydrogen-bond acceptors (Lipinski definition) is 4. The number of nitrogens with one attached hydrogen (secondary N) is 1. The number of aryl methyl sites for hydroxylation is 2. The number of nitrogens with zero attached hydrogens (tertiary/aromatic N) is 3. The molecule has 2 heterocycles. The van der Waals surface area contributed by atoms with Crippen LogP contribution in [0.15, 0.2) is 83.6 Å². The number of imidazole rings is 1. The summed E-state index contributed by atoms with van der Waals surface area (Å²) < 4.78 is 7.45. The number of rotatable bonds is 7. The summed E-state index contributed by atoms with van der Waals surface area (Å²) in [6.07, 6.45) is 4.46. The monoisotopic (exact) mass is 386 g/mol. The van der Waals surface area contributed by atoms with E-state index in [-0.39, 0.29) is 17.6 Å². The van der Waals surface area contributed by atoms with Crippen molar-refractivity contribution in [3.05, 3.63) is 96.2 Å². The van der Waals surface area contributed by atoms with E-state index < -0.39 is 0 Å². The first kappa shape index (κ1) is 18.7. The lowest BCUT2D eigenvalue weighted by molar-refractivity contribution is 0.0924. The third-order valence-electron chi connectivity index (χ3n) is 4.89. The highest BCUT2D eigenvalue weighted by Gasteiger charge is 2.19. The van der Waals surface area contributed by atoms with Gasteiger partial charge in [0.1, 0.15) is 5.82 Å². The molecule has 4 rings (SSSR count). The molecule has 0 unspecified atom stereocenters. The SMILES string of the molecule is Cc1nccn1CC[C@H](NC(=O)c1cc(-c2ccccc2)on1)c1ccccc1. The van der Waals surface area contributed by atoms with Crippen LogP contribution in [-0.2, 0) is 6.54 Å². The molecule has 1 amide bonds. The zero-order valence-corrected chi connectivity index (χ0v) is 16.2. The molecule has 1 atom stereocenters. The van der Waals surface area contributed by atoms with E-state index in [0.717, 1.165) is 29.9 Å². The van der Waals surface area contributed by atoms with Crippen molar-refractivity contribution in [2.45, 2.75) is 25.9 Å². The number of carbonyl (C=O) groups is 1. The summed E-state index contributed by atoms with van der Waals surface area (Å²) in [7, 11) is 0. The minimum atomic E-state index is -0.257. The maximum atomic E-state index is 12.8. The first-order valence-corrected chi connectivity index (χ1v) is 9.56. The molecule has 0 bridgehead atoms. The highest BCUT2D eigenvalue weighted by Crippen LogP contribution is 2.22. The number of hydrogen-bond donors (Lipinski definition) is 1. The maximum Gasteiger partial charge on any atom is 0.273 e. The van der Waals surface area contributed by atoms with Gasteiger partial charge in [0, 0.05) is 30.6 Å². The van der Waals surface area contributed by atoms with E-state index >= 15 is 0 Å². The fourth-order valence-electron chi connectivity index (χ4n) is 3.27. The van der Waals surface area contributed by atoms with Gasteiger partial charge in [0.25, 0.3) is 5.91 Å². The van der Waals surface area contributed by atoms with Gasteiger partial charge in [-0.1, -0.05) is 65.8 Å². The lowest BCUT2D eigenvalue weighted by Crippen LogP contribution is -2.29. The van der Waals surface area contributed by atoms with Crippen molar-refractivity contribution in [1.82, 2.24) is 20.0 Å². The summed E-state index contributed by atoms with van der Waals surface area (Å²) in [5, 5.41) is 7.06. The van der Waals surface area contributed by atoms with Crippen molar-refractivity contribution < 1.29 is 9.32 Å². The van der Waals surface area contributed by atoms with Gasteiger partial charge in [0.05, 0.1) is 6.04 Å². The van der Waals surface area contributed by atoms with Gasteiger partial charge < -0.3 is 14.4 Å². The molecule has 0 fully saturated rings. The summed E-state index contributed by atoms with van der Waals surface area (Å²) in [5.74, 6) is 1.26. The van der Waals surface area contributed by atoms with Crippen LogP contribution in [0, 0.1) is 6.92 Å². The van der Waals surface area contributed by atoms with Crippen molar-refractivity contribution in [3.8, 4) is 11.3 Å². The van der Waals surface area contributed by atoms with E-state index in [0.29, 0.717) is 5.76 Å². The second-order valence-corrected chi connectivity index (χ2v) is 6.84. The zero-order chi connectivity index (χ0) is 20.1. The quantitative estimate of drug-likeness (QED) is 0.511. The van der Waals surface area contributed by atoms with Crippen LogP contribution in [0.25, 0.3) is 11.3 Å². The predicted octanol–water partition coefficient (Wildman–Crippen LogP) is 4.41. The topological polar surface area (TPSA) is 73.0 Å². The molecule has 0 aliphatic carbocycles. The third-order valence-corrected chi connectivity index (χ3v) is 4.89. The van der Waals surface area contributed by atoms with Gasteiger partial charge in [-0.3, -0.25) is 4.79 Å². The zero-order valence-electron chi connectivity index (χ0n) is 16.2. The standard InChI is InChI=1S/C23H22N4O2/c1-17-24-13-15-27(17)14-12-20(18-8-4-2-5-9-18)25-23(28)21-16-22(29-26-21)19-10-6-3-7-11-19/h2-11,13,15-16,20H,12,14H2,1H3,(H,25,28)/t20-/m0/s1. The predicted molar refractivity (Wildman–Crippen MR) is 110 cm³/mol. The normalized spacial score (nSPS) is 11.9. The van der Waals surface area contributed by atoms with Gasteiger partial charge in [-0.25, -0.2) is 4.98 Å². The Morgan fingerprint density at radius 1 is 1.10 bits per heavy atom. The molecule has 0 saturated heterocycles. The number of benzene rings is 2. The molecule has 2 aromatic heterocycles. The van der Waals surface area contributed by atoms with Gasteiger partial charge in [0.15, 0.2) is 11.5 Å². The van der Waals surface area contributed by atoms with Crippen LogP contribution in [0.2, 0.25) is 0 Å². The molecule has 29 heavy (non-hydrogen) atoms. The molecule has 4 aromatic rings. The van der Waals surface area contributed by atoms with E-state index in [9.17, 15) is 4.79 Å². The average Bonchev–Trinajstić information content (AvgIpc) is 3.42. The Hall–Kier alpha value is -3.67. The van der Waals surface area contributed by atoms with Crippen LogP contribution in [0.1, 0.15) is 34.3 Å². The highest BCUT2D eigenvalue weighted by atomic mass is 16.5. The Morgan fingerprint density at radius 3 is 2.52 bits per heavy atom. The van der Waals surface area contributed by atoms with Crippen molar-refractivity contribution >= 4 is 5.91 Å². The average molecular weight is 386 g/mol. The first-order chi connectivity index (χ1) is 14.2. The smallest absolute Gasteiger partial charge is 0.273 e. The van der Waals surface area contributed by atoms with E-state index in [1.165, 1.54) is 0 Å². The van der Waals surface area contributed by atoms with Gasteiger partial charge in [-0.2, -0.15) is 0 Å². The molecule has 0 aliphatic heterocycles. The lowest BCUT2D eigenvalue weighted by atomic mass is 10.0. The van der Waals surface area contributed by atoms with Crippen molar-refractivity contribution in [2.24, 2.45) is 0 Å². The summed E-state index contributed by atoms with van der Waals surface area (Å²) in [5.41, 5.74) is 2.20.